The highest BCUT2D eigenvalue weighted by Crippen LogP contribution is 2.34. The van der Waals surface area contributed by atoms with Gasteiger partial charge < -0.3 is 10.1 Å². The van der Waals surface area contributed by atoms with Crippen molar-refractivity contribution in [2.75, 3.05) is 13.2 Å². The van der Waals surface area contributed by atoms with Crippen molar-refractivity contribution in [3.8, 4) is 5.69 Å². The van der Waals surface area contributed by atoms with Gasteiger partial charge in [-0.05, 0) is 70.0 Å². The second kappa shape index (κ2) is 9.93. The molecule has 0 spiro atoms. The number of imidazole rings is 1. The summed E-state index contributed by atoms with van der Waals surface area (Å²) < 4.78 is 7.43. The molecule has 0 amide bonds. The number of ether oxygens (including phenoxy) is 1. The SMILES string of the molecule is CCOC(=O)[C@H](Cc1ccc(-n2c([C@@H]3CCCCN3)nc3cccnc32)cc1)N=C1CC(=O)C1(C)C. The molecular formula is C28H33N5O3. The minimum absolute atomic E-state index is 0.151. The molecule has 1 N–H and O–H groups in total. The number of benzene rings is 1. The molecule has 0 radical (unpaired) electrons. The lowest BCUT2D eigenvalue weighted by molar-refractivity contribution is -0.144. The first-order valence-electron chi connectivity index (χ1n) is 12.8. The maximum Gasteiger partial charge on any atom is 0.331 e. The number of carbonyl (C=O) groups is 2. The van der Waals surface area contributed by atoms with E-state index in [1.54, 1.807) is 13.1 Å². The van der Waals surface area contributed by atoms with Crippen LogP contribution in [-0.4, -0.2) is 51.2 Å². The van der Waals surface area contributed by atoms with Gasteiger partial charge in [0.05, 0.1) is 18.1 Å². The Morgan fingerprint density at radius 2 is 2.06 bits per heavy atom. The van der Waals surface area contributed by atoms with Crippen LogP contribution in [0, 0.1) is 5.41 Å². The number of Topliss-reactive ketones (excluding diaryl/α,β-unsaturated/α-hetero) is 1. The fraction of sp³-hybridized carbons (Fsp3) is 0.464. The molecule has 36 heavy (non-hydrogen) atoms. The molecule has 2 fully saturated rings. The minimum atomic E-state index is -0.670. The van der Waals surface area contributed by atoms with Crippen LogP contribution in [0.15, 0.2) is 47.6 Å². The Balaban J connectivity index is 1.44. The van der Waals surface area contributed by atoms with E-state index in [0.29, 0.717) is 19.4 Å². The number of hydrogen-bond donors (Lipinski definition) is 1. The third-order valence-corrected chi connectivity index (χ3v) is 7.30. The van der Waals surface area contributed by atoms with Crippen molar-refractivity contribution in [3.63, 3.8) is 0 Å². The van der Waals surface area contributed by atoms with Crippen LogP contribution >= 0.6 is 0 Å². The van der Waals surface area contributed by atoms with Crippen molar-refractivity contribution in [3.05, 3.63) is 54.0 Å². The molecule has 1 aliphatic carbocycles. The highest BCUT2D eigenvalue weighted by Gasteiger charge is 2.44. The van der Waals surface area contributed by atoms with Gasteiger partial charge in [0.1, 0.15) is 17.1 Å². The van der Waals surface area contributed by atoms with Crippen molar-refractivity contribution >= 4 is 28.6 Å². The van der Waals surface area contributed by atoms with Gasteiger partial charge >= 0.3 is 5.97 Å². The average Bonchev–Trinajstić information content (AvgIpc) is 3.28. The summed E-state index contributed by atoms with van der Waals surface area (Å²) in [4.78, 5) is 38.9. The molecule has 2 aliphatic rings. The molecule has 8 nitrogen and oxygen atoms in total. The lowest BCUT2D eigenvalue weighted by Crippen LogP contribution is -2.47. The van der Waals surface area contributed by atoms with E-state index < -0.39 is 11.5 Å². The normalized spacial score (nSPS) is 21.4. The van der Waals surface area contributed by atoms with Gasteiger partial charge in [-0.3, -0.25) is 14.4 Å². The maximum atomic E-state index is 12.7. The number of piperidine rings is 1. The summed E-state index contributed by atoms with van der Waals surface area (Å²) in [6.07, 6.45) is 5.91. The fourth-order valence-corrected chi connectivity index (χ4v) is 4.96. The largest absolute Gasteiger partial charge is 0.464 e. The molecular weight excluding hydrogens is 454 g/mol. The van der Waals surface area contributed by atoms with E-state index >= 15 is 0 Å². The smallest absolute Gasteiger partial charge is 0.331 e. The molecule has 188 valence electrons. The van der Waals surface area contributed by atoms with Gasteiger partial charge in [-0.1, -0.05) is 18.6 Å². The maximum absolute atomic E-state index is 12.7. The first kappa shape index (κ1) is 24.3. The van der Waals surface area contributed by atoms with Crippen LogP contribution in [0.4, 0.5) is 0 Å². The summed E-state index contributed by atoms with van der Waals surface area (Å²) in [6.45, 7) is 6.78. The Hall–Kier alpha value is -3.39. The first-order chi connectivity index (χ1) is 17.4. The molecule has 1 saturated carbocycles. The zero-order valence-electron chi connectivity index (χ0n) is 21.2. The Kier molecular flexibility index (Phi) is 6.71. The van der Waals surface area contributed by atoms with E-state index in [1.807, 2.05) is 50.2 Å². The van der Waals surface area contributed by atoms with E-state index in [-0.39, 0.29) is 17.8 Å². The van der Waals surface area contributed by atoms with Crippen molar-refractivity contribution in [2.45, 2.75) is 65.0 Å². The monoisotopic (exact) mass is 487 g/mol. The number of aliphatic imine (C=N–C) groups is 1. The average molecular weight is 488 g/mol. The minimum Gasteiger partial charge on any atom is -0.464 e. The standard InChI is InChI=1S/C28H33N5O3/c1-4-36-27(35)22(31-23-17-24(34)28(23,2)3)16-18-10-12-19(13-11-18)33-25-21(9-7-15-30-25)32-26(33)20-8-5-6-14-29-20/h7,9-13,15,20,22,29H,4-6,8,14,16-17H2,1-3H3/t20-,22-/m0/s1. The molecule has 1 aromatic carbocycles. The molecule has 1 aliphatic heterocycles. The summed E-state index contributed by atoms with van der Waals surface area (Å²) in [5.41, 5.74) is 3.82. The molecule has 2 atom stereocenters. The van der Waals surface area contributed by atoms with Crippen LogP contribution in [0.1, 0.15) is 63.9 Å². The predicted octanol–water partition coefficient (Wildman–Crippen LogP) is 4.15. The number of pyridine rings is 1. The molecule has 3 heterocycles. The van der Waals surface area contributed by atoms with Gasteiger partial charge in [-0.2, -0.15) is 0 Å². The summed E-state index contributed by atoms with van der Waals surface area (Å²) in [6, 6.07) is 11.6. The van der Waals surface area contributed by atoms with Crippen LogP contribution in [0.3, 0.4) is 0 Å². The fourth-order valence-electron chi connectivity index (χ4n) is 4.96. The van der Waals surface area contributed by atoms with Crippen LogP contribution < -0.4 is 5.32 Å². The number of nitrogens with one attached hydrogen (secondary N) is 1. The van der Waals surface area contributed by atoms with Gasteiger partial charge in [-0.25, -0.2) is 14.8 Å². The Bertz CT molecular complexity index is 1300. The summed E-state index contributed by atoms with van der Waals surface area (Å²) >= 11 is 0. The van der Waals surface area contributed by atoms with Crippen molar-refractivity contribution in [2.24, 2.45) is 10.4 Å². The second-order valence-corrected chi connectivity index (χ2v) is 10.1. The first-order valence-corrected chi connectivity index (χ1v) is 12.8. The van der Waals surface area contributed by atoms with Crippen molar-refractivity contribution < 1.29 is 14.3 Å². The van der Waals surface area contributed by atoms with Gasteiger partial charge in [-0.15, -0.1) is 0 Å². The molecule has 5 rings (SSSR count). The van der Waals surface area contributed by atoms with Gasteiger partial charge in [0.25, 0.3) is 0 Å². The number of fused-ring (bicyclic) bond motifs is 1. The number of rotatable bonds is 7. The van der Waals surface area contributed by atoms with Crippen molar-refractivity contribution in [1.29, 1.82) is 0 Å². The third kappa shape index (κ3) is 4.57. The molecule has 2 aromatic heterocycles. The number of ketones is 1. The van der Waals surface area contributed by atoms with Gasteiger partial charge in [0, 0.05) is 30.4 Å². The molecule has 8 heteroatoms. The van der Waals surface area contributed by atoms with Crippen LogP contribution in [0.25, 0.3) is 16.9 Å². The number of hydrogen-bond acceptors (Lipinski definition) is 7. The van der Waals surface area contributed by atoms with E-state index in [0.717, 1.165) is 46.9 Å². The van der Waals surface area contributed by atoms with Gasteiger partial charge in [0.15, 0.2) is 11.7 Å². The molecule has 0 unspecified atom stereocenters. The number of carbonyl (C=O) groups excluding carboxylic acids is 2. The van der Waals surface area contributed by atoms with E-state index in [4.69, 9.17) is 9.72 Å². The number of aromatic nitrogens is 3. The lowest BCUT2D eigenvalue weighted by atomic mass is 9.68. The van der Waals surface area contributed by atoms with E-state index in [9.17, 15) is 9.59 Å². The number of nitrogens with zero attached hydrogens (tertiary/aromatic N) is 4. The van der Waals surface area contributed by atoms with Crippen LogP contribution in [-0.2, 0) is 20.7 Å². The molecule has 3 aromatic rings. The topological polar surface area (TPSA) is 98.5 Å². The zero-order valence-corrected chi connectivity index (χ0v) is 21.2. The quantitative estimate of drug-likeness (QED) is 0.503. The van der Waals surface area contributed by atoms with Crippen molar-refractivity contribution in [1.82, 2.24) is 19.9 Å². The summed E-state index contributed by atoms with van der Waals surface area (Å²) in [5.74, 6) is 0.765. The zero-order chi connectivity index (χ0) is 25.3. The van der Waals surface area contributed by atoms with Crippen LogP contribution in [0.2, 0.25) is 0 Å². The number of esters is 1. The van der Waals surface area contributed by atoms with E-state index in [2.05, 4.69) is 19.9 Å². The molecule has 1 saturated heterocycles. The predicted molar refractivity (Wildman–Crippen MR) is 138 cm³/mol. The molecule has 0 bridgehead atoms. The summed E-state index contributed by atoms with van der Waals surface area (Å²) in [5, 5.41) is 3.61. The van der Waals surface area contributed by atoms with Crippen LogP contribution in [0.5, 0.6) is 0 Å². The highest BCUT2D eigenvalue weighted by molar-refractivity contribution is 6.26. The highest BCUT2D eigenvalue weighted by atomic mass is 16.5. The Labute approximate surface area is 211 Å². The third-order valence-electron chi connectivity index (χ3n) is 7.30. The van der Waals surface area contributed by atoms with E-state index in [1.165, 1.54) is 12.8 Å². The van der Waals surface area contributed by atoms with Gasteiger partial charge in [0.2, 0.25) is 0 Å². The Morgan fingerprint density at radius 1 is 1.25 bits per heavy atom. The Morgan fingerprint density at radius 3 is 2.72 bits per heavy atom. The lowest BCUT2D eigenvalue weighted by Gasteiger charge is -2.35. The summed E-state index contributed by atoms with van der Waals surface area (Å²) in [7, 11) is 0. The second-order valence-electron chi connectivity index (χ2n) is 10.1.